The Morgan fingerprint density at radius 2 is 1.71 bits per heavy atom. The van der Waals surface area contributed by atoms with Gasteiger partial charge in [0.1, 0.15) is 0 Å². The standard InChI is InChI=1S/C24H19ClN4O5/c25-20-13-19(29(33)34)10-11-21(20)27-23(31)15-6-8-17(9-7-15)26-24(32)16-12-22(30)28(14-16)18-4-2-1-3-5-18/h1-11,13,16H,12,14H2,(H,26,32)(H,27,31). The average Bonchev–Trinajstić information content (AvgIpc) is 3.23. The van der Waals surface area contributed by atoms with E-state index in [1.54, 1.807) is 17.0 Å². The van der Waals surface area contributed by atoms with E-state index in [-0.39, 0.29) is 34.6 Å². The van der Waals surface area contributed by atoms with Crippen LogP contribution >= 0.6 is 11.6 Å². The fraction of sp³-hybridized carbons (Fsp3) is 0.125. The number of amides is 3. The quantitative estimate of drug-likeness (QED) is 0.399. The normalized spacial score (nSPS) is 15.1. The molecule has 3 aromatic rings. The predicted molar refractivity (Wildman–Crippen MR) is 128 cm³/mol. The Kier molecular flexibility index (Phi) is 6.55. The zero-order chi connectivity index (χ0) is 24.2. The molecule has 1 aliphatic rings. The van der Waals surface area contributed by atoms with E-state index in [4.69, 9.17) is 11.6 Å². The summed E-state index contributed by atoms with van der Waals surface area (Å²) in [7, 11) is 0. The molecule has 3 aromatic carbocycles. The molecule has 0 spiro atoms. The second-order valence-corrected chi connectivity index (χ2v) is 8.09. The van der Waals surface area contributed by atoms with Crippen molar-refractivity contribution >= 4 is 52.1 Å². The minimum absolute atomic E-state index is 0.0436. The van der Waals surface area contributed by atoms with Crippen molar-refractivity contribution in [2.24, 2.45) is 5.92 Å². The molecular weight excluding hydrogens is 460 g/mol. The van der Waals surface area contributed by atoms with Crippen LogP contribution in [0.1, 0.15) is 16.8 Å². The Morgan fingerprint density at radius 3 is 2.35 bits per heavy atom. The van der Waals surface area contributed by atoms with Crippen LogP contribution in [-0.2, 0) is 9.59 Å². The molecule has 2 N–H and O–H groups in total. The first kappa shape index (κ1) is 22.9. The molecule has 0 aliphatic carbocycles. The molecule has 3 amide bonds. The van der Waals surface area contributed by atoms with E-state index < -0.39 is 16.7 Å². The van der Waals surface area contributed by atoms with Crippen molar-refractivity contribution in [1.29, 1.82) is 0 Å². The van der Waals surface area contributed by atoms with Gasteiger partial charge in [-0.2, -0.15) is 0 Å². The van der Waals surface area contributed by atoms with Gasteiger partial charge in [-0.1, -0.05) is 29.8 Å². The number of nitrogens with one attached hydrogen (secondary N) is 2. The van der Waals surface area contributed by atoms with Gasteiger partial charge in [-0.15, -0.1) is 0 Å². The number of non-ortho nitro benzene ring substituents is 1. The van der Waals surface area contributed by atoms with Gasteiger partial charge in [0.15, 0.2) is 0 Å². The van der Waals surface area contributed by atoms with E-state index in [2.05, 4.69) is 10.6 Å². The lowest BCUT2D eigenvalue weighted by molar-refractivity contribution is -0.384. The molecule has 4 rings (SSSR count). The van der Waals surface area contributed by atoms with Crippen LogP contribution in [0, 0.1) is 16.0 Å². The summed E-state index contributed by atoms with van der Waals surface area (Å²) in [6.45, 7) is 0.297. The molecule has 172 valence electrons. The number of nitrogens with zero attached hydrogens (tertiary/aromatic N) is 2. The number of hydrogen-bond donors (Lipinski definition) is 2. The molecule has 1 unspecified atom stereocenters. The van der Waals surface area contributed by atoms with E-state index in [1.807, 2.05) is 30.3 Å². The van der Waals surface area contributed by atoms with Crippen molar-refractivity contribution in [3.8, 4) is 0 Å². The van der Waals surface area contributed by atoms with Gasteiger partial charge < -0.3 is 15.5 Å². The third-order valence-electron chi connectivity index (χ3n) is 5.39. The Labute approximate surface area is 199 Å². The highest BCUT2D eigenvalue weighted by molar-refractivity contribution is 6.34. The second kappa shape index (κ2) is 9.72. The number of carbonyl (C=O) groups is 3. The number of halogens is 1. The fourth-order valence-electron chi connectivity index (χ4n) is 3.60. The van der Waals surface area contributed by atoms with Crippen LogP contribution in [0.15, 0.2) is 72.8 Å². The monoisotopic (exact) mass is 478 g/mol. The van der Waals surface area contributed by atoms with Crippen LogP contribution < -0.4 is 15.5 Å². The van der Waals surface area contributed by atoms with Gasteiger partial charge in [-0.3, -0.25) is 24.5 Å². The summed E-state index contributed by atoms with van der Waals surface area (Å²) in [4.78, 5) is 49.4. The highest BCUT2D eigenvalue weighted by Gasteiger charge is 2.35. The summed E-state index contributed by atoms with van der Waals surface area (Å²) >= 11 is 6.02. The van der Waals surface area contributed by atoms with Gasteiger partial charge >= 0.3 is 0 Å². The fourth-order valence-corrected chi connectivity index (χ4v) is 3.83. The molecule has 10 heteroatoms. The highest BCUT2D eigenvalue weighted by Crippen LogP contribution is 2.28. The van der Waals surface area contributed by atoms with Crippen LogP contribution in [0.3, 0.4) is 0 Å². The first-order chi connectivity index (χ1) is 16.3. The van der Waals surface area contributed by atoms with Crippen LogP contribution in [0.5, 0.6) is 0 Å². The van der Waals surface area contributed by atoms with Gasteiger partial charge in [0.2, 0.25) is 11.8 Å². The number of rotatable bonds is 6. The summed E-state index contributed by atoms with van der Waals surface area (Å²) < 4.78 is 0. The summed E-state index contributed by atoms with van der Waals surface area (Å²) in [5.74, 6) is -1.33. The highest BCUT2D eigenvalue weighted by atomic mass is 35.5. The summed E-state index contributed by atoms with van der Waals surface area (Å²) in [6, 6.07) is 19.2. The molecular formula is C24H19ClN4O5. The number of para-hydroxylation sites is 1. The molecule has 1 fully saturated rings. The first-order valence-electron chi connectivity index (χ1n) is 10.3. The molecule has 0 bridgehead atoms. The molecule has 0 aromatic heterocycles. The number of nitro benzene ring substituents is 1. The van der Waals surface area contributed by atoms with Crippen molar-refractivity contribution in [3.05, 3.63) is 93.5 Å². The summed E-state index contributed by atoms with van der Waals surface area (Å²) in [5, 5.41) is 16.2. The van der Waals surface area contributed by atoms with Gasteiger partial charge in [-0.05, 0) is 42.5 Å². The van der Waals surface area contributed by atoms with Crippen molar-refractivity contribution < 1.29 is 19.3 Å². The van der Waals surface area contributed by atoms with Crippen LogP contribution in [-0.4, -0.2) is 29.2 Å². The lowest BCUT2D eigenvalue weighted by Crippen LogP contribution is -2.28. The smallest absolute Gasteiger partial charge is 0.271 e. The van der Waals surface area contributed by atoms with Gasteiger partial charge in [0, 0.05) is 42.0 Å². The van der Waals surface area contributed by atoms with E-state index >= 15 is 0 Å². The SMILES string of the molecule is O=C(Nc1ccc([N+](=O)[O-])cc1Cl)c1ccc(NC(=O)C2CC(=O)N(c3ccccc3)C2)cc1. The number of hydrogen-bond acceptors (Lipinski definition) is 5. The largest absolute Gasteiger partial charge is 0.326 e. The molecule has 1 saturated heterocycles. The van der Waals surface area contributed by atoms with Crippen molar-refractivity contribution in [3.63, 3.8) is 0 Å². The Balaban J connectivity index is 1.36. The van der Waals surface area contributed by atoms with E-state index in [0.29, 0.717) is 17.8 Å². The Hall–Kier alpha value is -4.24. The lowest BCUT2D eigenvalue weighted by Gasteiger charge is -2.16. The van der Waals surface area contributed by atoms with E-state index in [9.17, 15) is 24.5 Å². The zero-order valence-corrected chi connectivity index (χ0v) is 18.5. The Morgan fingerprint density at radius 1 is 1.00 bits per heavy atom. The van der Waals surface area contributed by atoms with Crippen molar-refractivity contribution in [2.75, 3.05) is 22.1 Å². The Bertz CT molecular complexity index is 1260. The maximum absolute atomic E-state index is 12.7. The lowest BCUT2D eigenvalue weighted by atomic mass is 10.1. The van der Waals surface area contributed by atoms with E-state index in [1.165, 1.54) is 24.3 Å². The first-order valence-corrected chi connectivity index (χ1v) is 10.7. The maximum Gasteiger partial charge on any atom is 0.271 e. The average molecular weight is 479 g/mol. The molecule has 1 atom stereocenters. The maximum atomic E-state index is 12.7. The molecule has 1 aliphatic heterocycles. The minimum atomic E-state index is -0.578. The van der Waals surface area contributed by atoms with Crippen molar-refractivity contribution in [2.45, 2.75) is 6.42 Å². The van der Waals surface area contributed by atoms with Crippen LogP contribution in [0.4, 0.5) is 22.7 Å². The third-order valence-corrected chi connectivity index (χ3v) is 5.70. The minimum Gasteiger partial charge on any atom is -0.326 e. The zero-order valence-electron chi connectivity index (χ0n) is 17.7. The molecule has 0 radical (unpaired) electrons. The number of anilines is 3. The van der Waals surface area contributed by atoms with Crippen LogP contribution in [0.25, 0.3) is 0 Å². The molecule has 0 saturated carbocycles. The second-order valence-electron chi connectivity index (χ2n) is 7.68. The van der Waals surface area contributed by atoms with Crippen LogP contribution in [0.2, 0.25) is 5.02 Å². The molecule has 9 nitrogen and oxygen atoms in total. The van der Waals surface area contributed by atoms with Crippen molar-refractivity contribution in [1.82, 2.24) is 0 Å². The predicted octanol–water partition coefficient (Wildman–Crippen LogP) is 4.49. The number of nitro groups is 1. The number of carbonyl (C=O) groups excluding carboxylic acids is 3. The van der Waals surface area contributed by atoms with Gasteiger partial charge in [0.05, 0.1) is 21.6 Å². The molecule has 1 heterocycles. The number of benzene rings is 3. The van der Waals surface area contributed by atoms with Gasteiger partial charge in [0.25, 0.3) is 11.6 Å². The third kappa shape index (κ3) is 5.05. The summed E-state index contributed by atoms with van der Waals surface area (Å²) in [6.07, 6.45) is 0.122. The molecule has 34 heavy (non-hydrogen) atoms. The van der Waals surface area contributed by atoms with Gasteiger partial charge in [-0.25, -0.2) is 0 Å². The van der Waals surface area contributed by atoms with E-state index in [0.717, 1.165) is 11.8 Å². The topological polar surface area (TPSA) is 122 Å². The summed E-state index contributed by atoms with van der Waals surface area (Å²) in [5.41, 5.74) is 1.60.